The van der Waals surface area contributed by atoms with E-state index in [1.807, 2.05) is 0 Å². The van der Waals surface area contributed by atoms with Gasteiger partial charge in [-0.2, -0.15) is 5.11 Å². The highest BCUT2D eigenvalue weighted by Crippen LogP contribution is 2.23. The lowest BCUT2D eigenvalue weighted by atomic mass is 10.2. The van der Waals surface area contributed by atoms with E-state index in [-0.39, 0.29) is 5.75 Å². The first-order chi connectivity index (χ1) is 6.27. The molecule has 0 unspecified atom stereocenters. The van der Waals surface area contributed by atoms with E-state index in [0.717, 1.165) is 0 Å². The molecule has 0 bridgehead atoms. The molecule has 0 atom stereocenters. The van der Waals surface area contributed by atoms with Crippen molar-refractivity contribution >= 4 is 17.4 Å². The molecule has 1 aliphatic rings. The summed E-state index contributed by atoms with van der Waals surface area (Å²) in [5.41, 5.74) is 0.561. The number of azo groups is 1. The Morgan fingerprint density at radius 1 is 1.38 bits per heavy atom. The fourth-order valence-electron chi connectivity index (χ4n) is 1.06. The summed E-state index contributed by atoms with van der Waals surface area (Å²) >= 11 is 5.67. The van der Waals surface area contributed by atoms with Crippen molar-refractivity contribution < 1.29 is 5.11 Å². The Hall–Kier alpha value is -1.42. The van der Waals surface area contributed by atoms with Gasteiger partial charge in [0.2, 0.25) is 0 Å². The summed E-state index contributed by atoms with van der Waals surface area (Å²) in [7, 11) is 0. The van der Waals surface area contributed by atoms with Crippen molar-refractivity contribution in [3.8, 4) is 5.75 Å². The summed E-state index contributed by atoms with van der Waals surface area (Å²) in [6, 6.07) is 4.79. The maximum absolute atomic E-state index is 9.48. The van der Waals surface area contributed by atoms with Crippen LogP contribution in [0.25, 0.3) is 0 Å². The van der Waals surface area contributed by atoms with Crippen LogP contribution in [0.3, 0.4) is 0 Å². The number of amidine groups is 1. The van der Waals surface area contributed by atoms with Crippen LogP contribution in [-0.2, 0) is 0 Å². The van der Waals surface area contributed by atoms with Crippen molar-refractivity contribution in [2.24, 2.45) is 15.2 Å². The number of rotatable bonds is 1. The fourth-order valence-corrected chi connectivity index (χ4v) is 1.23. The molecule has 0 aromatic heterocycles. The summed E-state index contributed by atoms with van der Waals surface area (Å²) in [6.07, 6.45) is 0. The molecular formula is C8H6ClN3O. The zero-order chi connectivity index (χ0) is 9.26. The van der Waals surface area contributed by atoms with Crippen LogP contribution in [-0.4, -0.2) is 17.6 Å². The number of hydrogen-bond acceptors (Lipinski definition) is 4. The van der Waals surface area contributed by atoms with Gasteiger partial charge in [0.15, 0.2) is 12.5 Å². The lowest BCUT2D eigenvalue weighted by Crippen LogP contribution is -1.93. The molecule has 0 radical (unpaired) electrons. The van der Waals surface area contributed by atoms with Crippen LogP contribution in [0.5, 0.6) is 5.75 Å². The molecular weight excluding hydrogens is 190 g/mol. The quantitative estimate of drug-likeness (QED) is 0.734. The van der Waals surface area contributed by atoms with Crippen molar-refractivity contribution in [1.29, 1.82) is 0 Å². The van der Waals surface area contributed by atoms with Gasteiger partial charge in [-0.25, -0.2) is 4.99 Å². The Balaban J connectivity index is 2.46. The average molecular weight is 196 g/mol. The van der Waals surface area contributed by atoms with E-state index in [9.17, 15) is 5.11 Å². The average Bonchev–Trinajstić information content (AvgIpc) is 2.56. The van der Waals surface area contributed by atoms with Crippen LogP contribution in [0, 0.1) is 0 Å². The summed E-state index contributed by atoms with van der Waals surface area (Å²) in [6.45, 7) is 0.331. The first kappa shape index (κ1) is 8.19. The zero-order valence-electron chi connectivity index (χ0n) is 6.61. The topological polar surface area (TPSA) is 57.3 Å². The van der Waals surface area contributed by atoms with Crippen LogP contribution in [0.4, 0.5) is 0 Å². The van der Waals surface area contributed by atoms with E-state index in [1.165, 1.54) is 6.07 Å². The lowest BCUT2D eigenvalue weighted by molar-refractivity contribution is 0.474. The van der Waals surface area contributed by atoms with Gasteiger partial charge in [0.25, 0.3) is 0 Å². The third-order valence-corrected chi connectivity index (χ3v) is 1.88. The van der Waals surface area contributed by atoms with Gasteiger partial charge >= 0.3 is 0 Å². The number of benzene rings is 1. The highest BCUT2D eigenvalue weighted by atomic mass is 35.5. The number of aliphatic imine (C=N–C) groups is 1. The van der Waals surface area contributed by atoms with Gasteiger partial charge in [0, 0.05) is 5.02 Å². The Morgan fingerprint density at radius 3 is 2.85 bits per heavy atom. The Morgan fingerprint density at radius 2 is 2.23 bits per heavy atom. The molecule has 1 N–H and O–H groups in total. The van der Waals surface area contributed by atoms with E-state index >= 15 is 0 Å². The van der Waals surface area contributed by atoms with Crippen LogP contribution in [0.15, 0.2) is 33.4 Å². The van der Waals surface area contributed by atoms with Crippen LogP contribution < -0.4 is 0 Å². The van der Waals surface area contributed by atoms with Gasteiger partial charge in [0.05, 0.1) is 5.56 Å². The standard InChI is InChI=1S/C8H6ClN3O/c9-5-1-2-6(7(13)3-5)8-10-4-11-12-8/h1-3,13H,4H2. The molecule has 0 spiro atoms. The molecule has 0 fully saturated rings. The van der Waals surface area contributed by atoms with E-state index in [4.69, 9.17) is 11.6 Å². The third kappa shape index (κ3) is 1.53. The number of nitrogens with zero attached hydrogens (tertiary/aromatic N) is 3. The molecule has 0 amide bonds. The third-order valence-electron chi connectivity index (χ3n) is 1.65. The highest BCUT2D eigenvalue weighted by molar-refractivity contribution is 6.30. The minimum absolute atomic E-state index is 0.0760. The van der Waals surface area contributed by atoms with Gasteiger partial charge in [-0.15, -0.1) is 5.11 Å². The second kappa shape index (κ2) is 3.14. The minimum atomic E-state index is 0.0760. The molecule has 0 aliphatic carbocycles. The molecule has 4 nitrogen and oxygen atoms in total. The fraction of sp³-hybridized carbons (Fsp3) is 0.125. The van der Waals surface area contributed by atoms with Gasteiger partial charge in [-0.3, -0.25) is 0 Å². The SMILES string of the molecule is Oc1cc(Cl)ccc1C1=NCN=N1. The summed E-state index contributed by atoms with van der Waals surface area (Å²) in [5.74, 6) is 0.529. The van der Waals surface area contributed by atoms with Crippen LogP contribution >= 0.6 is 11.6 Å². The zero-order valence-corrected chi connectivity index (χ0v) is 7.36. The Labute approximate surface area is 79.6 Å². The minimum Gasteiger partial charge on any atom is -0.507 e. The molecule has 1 heterocycles. The highest BCUT2D eigenvalue weighted by Gasteiger charge is 2.10. The normalized spacial score (nSPS) is 14.7. The molecule has 1 aromatic carbocycles. The molecule has 1 aliphatic heterocycles. The predicted molar refractivity (Wildman–Crippen MR) is 49.4 cm³/mol. The van der Waals surface area contributed by atoms with Gasteiger partial charge < -0.3 is 5.11 Å². The van der Waals surface area contributed by atoms with Gasteiger partial charge in [0.1, 0.15) is 5.75 Å². The van der Waals surface area contributed by atoms with E-state index < -0.39 is 0 Å². The number of phenolic OH excluding ortho intramolecular Hbond substituents is 1. The second-order valence-electron chi connectivity index (χ2n) is 2.53. The molecule has 66 valence electrons. The summed E-state index contributed by atoms with van der Waals surface area (Å²) in [4.78, 5) is 3.98. The first-order valence-corrected chi connectivity index (χ1v) is 4.06. The number of hydrogen-bond donors (Lipinski definition) is 1. The summed E-state index contributed by atoms with van der Waals surface area (Å²) < 4.78 is 0. The van der Waals surface area contributed by atoms with Crippen molar-refractivity contribution in [3.63, 3.8) is 0 Å². The molecule has 13 heavy (non-hydrogen) atoms. The maximum atomic E-state index is 9.48. The van der Waals surface area contributed by atoms with Crippen molar-refractivity contribution in [1.82, 2.24) is 0 Å². The molecule has 1 aromatic rings. The predicted octanol–water partition coefficient (Wildman–Crippen LogP) is 2.22. The van der Waals surface area contributed by atoms with Crippen molar-refractivity contribution in [2.75, 3.05) is 6.67 Å². The Bertz CT molecular complexity index is 400. The molecule has 2 rings (SSSR count). The van der Waals surface area contributed by atoms with Gasteiger partial charge in [-0.05, 0) is 18.2 Å². The monoisotopic (exact) mass is 195 g/mol. The number of aromatic hydroxyl groups is 1. The first-order valence-electron chi connectivity index (χ1n) is 3.68. The Kier molecular flexibility index (Phi) is 1.98. The molecule has 0 saturated heterocycles. The number of phenols is 1. The lowest BCUT2D eigenvalue weighted by Gasteiger charge is -2.00. The second-order valence-corrected chi connectivity index (χ2v) is 2.96. The van der Waals surface area contributed by atoms with E-state index in [0.29, 0.717) is 23.1 Å². The maximum Gasteiger partial charge on any atom is 0.182 e. The van der Waals surface area contributed by atoms with Crippen LogP contribution in [0.1, 0.15) is 5.56 Å². The van der Waals surface area contributed by atoms with E-state index in [2.05, 4.69) is 15.2 Å². The summed E-state index contributed by atoms with van der Waals surface area (Å²) in [5, 5.41) is 17.4. The largest absolute Gasteiger partial charge is 0.507 e. The van der Waals surface area contributed by atoms with E-state index in [1.54, 1.807) is 12.1 Å². The van der Waals surface area contributed by atoms with Crippen LogP contribution in [0.2, 0.25) is 5.02 Å². The van der Waals surface area contributed by atoms with Crippen molar-refractivity contribution in [2.45, 2.75) is 0 Å². The molecule has 0 saturated carbocycles. The smallest absolute Gasteiger partial charge is 0.182 e. The van der Waals surface area contributed by atoms with Crippen molar-refractivity contribution in [3.05, 3.63) is 28.8 Å². The molecule has 5 heteroatoms. The number of halogens is 1. The van der Waals surface area contributed by atoms with Gasteiger partial charge in [-0.1, -0.05) is 11.6 Å².